The summed E-state index contributed by atoms with van der Waals surface area (Å²) in [6, 6.07) is 24.3. The minimum absolute atomic E-state index is 0.195. The Balaban J connectivity index is 1.67. The number of hydrogen-bond donors (Lipinski definition) is 2. The molecule has 0 saturated carbocycles. The highest BCUT2D eigenvalue weighted by Gasteiger charge is 2.19. The third-order valence-electron chi connectivity index (χ3n) is 4.86. The fourth-order valence-electron chi connectivity index (χ4n) is 3.19. The fourth-order valence-corrected chi connectivity index (χ4v) is 3.44. The first-order chi connectivity index (χ1) is 16.1. The van der Waals surface area contributed by atoms with Crippen LogP contribution in [0.1, 0.15) is 11.1 Å². The second-order valence-electron chi connectivity index (χ2n) is 7.27. The molecule has 0 aliphatic carbocycles. The van der Waals surface area contributed by atoms with Gasteiger partial charge in [0.25, 0.3) is 0 Å². The number of allylic oxidation sites excluding steroid dienone is 1. The lowest BCUT2D eigenvalue weighted by Crippen LogP contribution is -2.48. The number of anilines is 1. The van der Waals surface area contributed by atoms with Crippen molar-refractivity contribution in [3.05, 3.63) is 112 Å². The maximum atomic E-state index is 13.3. The van der Waals surface area contributed by atoms with E-state index in [9.17, 15) is 4.79 Å². The van der Waals surface area contributed by atoms with E-state index < -0.39 is 0 Å². The topological polar surface area (TPSA) is 56.7 Å². The van der Waals surface area contributed by atoms with E-state index in [1.807, 2.05) is 54.6 Å². The molecule has 0 bridgehead atoms. The Bertz CT molecular complexity index is 1190. The average Bonchev–Trinajstić information content (AvgIpc) is 3.37. The van der Waals surface area contributed by atoms with Crippen molar-refractivity contribution in [3.63, 3.8) is 0 Å². The van der Waals surface area contributed by atoms with E-state index in [0.29, 0.717) is 28.2 Å². The highest BCUT2D eigenvalue weighted by atomic mass is 35.5. The van der Waals surface area contributed by atoms with E-state index in [-0.39, 0.29) is 5.78 Å². The molecule has 3 aromatic carbocycles. The van der Waals surface area contributed by atoms with Crippen LogP contribution < -0.4 is 15.8 Å². The zero-order valence-electron chi connectivity index (χ0n) is 17.7. The van der Waals surface area contributed by atoms with Crippen LogP contribution in [0.4, 0.5) is 5.69 Å². The first-order valence-electron chi connectivity index (χ1n) is 10.4. The number of para-hydroxylation sites is 1. The smallest absolute Gasteiger partial charge is 0.218 e. The molecule has 7 heteroatoms. The molecule has 33 heavy (non-hydrogen) atoms. The number of hydrazine groups is 1. The molecule has 3 aromatic rings. The number of hydrogen-bond acceptors (Lipinski definition) is 5. The van der Waals surface area contributed by atoms with Crippen molar-refractivity contribution >= 4 is 52.8 Å². The van der Waals surface area contributed by atoms with E-state index in [1.54, 1.807) is 41.4 Å². The molecule has 2 N–H and O–H groups in total. The maximum Gasteiger partial charge on any atom is 0.218 e. The number of halogens is 2. The van der Waals surface area contributed by atoms with Crippen molar-refractivity contribution in [2.75, 3.05) is 18.1 Å². The van der Waals surface area contributed by atoms with Crippen LogP contribution in [0.15, 0.2) is 95.6 Å². The number of nitrogens with one attached hydrogen (secondary N) is 2. The summed E-state index contributed by atoms with van der Waals surface area (Å²) in [6.45, 7) is 1.40. The molecule has 0 fully saturated rings. The number of rotatable bonds is 7. The van der Waals surface area contributed by atoms with Crippen molar-refractivity contribution < 1.29 is 4.79 Å². The van der Waals surface area contributed by atoms with Crippen molar-refractivity contribution in [3.8, 4) is 0 Å². The molecular weight excluding hydrogens is 455 g/mol. The molecule has 0 unspecified atom stereocenters. The van der Waals surface area contributed by atoms with E-state index in [4.69, 9.17) is 23.2 Å². The van der Waals surface area contributed by atoms with E-state index in [2.05, 4.69) is 15.7 Å². The zero-order chi connectivity index (χ0) is 23.0. The van der Waals surface area contributed by atoms with E-state index in [0.717, 1.165) is 23.4 Å². The van der Waals surface area contributed by atoms with Gasteiger partial charge < -0.3 is 5.32 Å². The summed E-state index contributed by atoms with van der Waals surface area (Å²) < 4.78 is 0. The van der Waals surface area contributed by atoms with E-state index in [1.165, 1.54) is 6.08 Å². The Morgan fingerprint density at radius 3 is 2.15 bits per heavy atom. The minimum Gasteiger partial charge on any atom is -0.353 e. The fraction of sp³-hybridized carbons (Fsp3) is 0.0769. The summed E-state index contributed by atoms with van der Waals surface area (Å²) in [7, 11) is 0. The molecule has 0 atom stereocenters. The number of aliphatic imine (C=N–C) groups is 1. The Morgan fingerprint density at radius 2 is 1.55 bits per heavy atom. The van der Waals surface area contributed by atoms with Crippen LogP contribution in [0.3, 0.4) is 0 Å². The number of ketones is 1. The van der Waals surface area contributed by atoms with Gasteiger partial charge in [-0.15, -0.1) is 0 Å². The van der Waals surface area contributed by atoms with Gasteiger partial charge in [-0.1, -0.05) is 71.7 Å². The summed E-state index contributed by atoms with van der Waals surface area (Å²) in [5.41, 5.74) is 6.21. The maximum absolute atomic E-state index is 13.3. The van der Waals surface area contributed by atoms with Crippen molar-refractivity contribution in [1.82, 2.24) is 10.7 Å². The van der Waals surface area contributed by atoms with Gasteiger partial charge in [0, 0.05) is 16.6 Å². The molecule has 166 valence electrons. The van der Waals surface area contributed by atoms with Gasteiger partial charge in [0.05, 0.1) is 12.2 Å². The highest BCUT2D eigenvalue weighted by Crippen LogP contribution is 2.17. The predicted molar refractivity (Wildman–Crippen MR) is 137 cm³/mol. The van der Waals surface area contributed by atoms with E-state index >= 15 is 0 Å². The standard InChI is InChI=1S/C26H22Cl2N4O/c27-21-11-6-19(7-12-21)10-15-25(33)24(18-20-8-13-22(28)14-9-20)31-32(26-29-16-17-30-26)23-4-2-1-3-5-23/h1-15,18,31H,16-17H2,(H,29,30). The van der Waals surface area contributed by atoms with Crippen molar-refractivity contribution in [1.29, 1.82) is 0 Å². The van der Waals surface area contributed by atoms with Gasteiger partial charge in [0.15, 0.2) is 0 Å². The summed E-state index contributed by atoms with van der Waals surface area (Å²) in [6.07, 6.45) is 5.08. The zero-order valence-corrected chi connectivity index (χ0v) is 19.2. The third kappa shape index (κ3) is 6.25. The molecule has 1 aliphatic heterocycles. The Labute approximate surface area is 203 Å². The molecule has 0 aromatic heterocycles. The van der Waals surface area contributed by atoms with Gasteiger partial charge in [0.1, 0.15) is 5.70 Å². The first kappa shape index (κ1) is 22.6. The minimum atomic E-state index is -0.195. The van der Waals surface area contributed by atoms with Crippen LogP contribution in [-0.2, 0) is 4.79 Å². The van der Waals surface area contributed by atoms with Gasteiger partial charge in [-0.3, -0.25) is 10.2 Å². The van der Waals surface area contributed by atoms with Crippen LogP contribution in [-0.4, -0.2) is 24.8 Å². The number of carbonyl (C=O) groups excluding carboxylic acids is 1. The number of benzene rings is 3. The highest BCUT2D eigenvalue weighted by molar-refractivity contribution is 6.30. The van der Waals surface area contributed by atoms with Crippen LogP contribution in [0.25, 0.3) is 12.2 Å². The van der Waals surface area contributed by atoms with Gasteiger partial charge in [0.2, 0.25) is 11.7 Å². The quantitative estimate of drug-likeness (QED) is 0.344. The Kier molecular flexibility index (Phi) is 7.45. The van der Waals surface area contributed by atoms with Crippen molar-refractivity contribution in [2.24, 2.45) is 4.99 Å². The molecule has 0 radical (unpaired) electrons. The normalized spacial score (nSPS) is 13.5. The molecule has 4 rings (SSSR count). The van der Waals surface area contributed by atoms with Crippen LogP contribution >= 0.6 is 23.2 Å². The molecule has 0 saturated heterocycles. The lowest BCUT2D eigenvalue weighted by molar-refractivity contribution is -0.111. The van der Waals surface area contributed by atoms with Gasteiger partial charge in [-0.05, 0) is 59.7 Å². The second-order valence-corrected chi connectivity index (χ2v) is 8.15. The number of guanidine groups is 1. The average molecular weight is 477 g/mol. The summed E-state index contributed by atoms with van der Waals surface area (Å²) in [5.74, 6) is 0.456. The van der Waals surface area contributed by atoms with Gasteiger partial charge in [-0.2, -0.15) is 0 Å². The summed E-state index contributed by atoms with van der Waals surface area (Å²) in [5, 5.41) is 6.32. The predicted octanol–water partition coefficient (Wildman–Crippen LogP) is 5.59. The molecule has 0 amide bonds. The Hall–Kier alpha value is -3.54. The molecule has 1 heterocycles. The van der Waals surface area contributed by atoms with Crippen LogP contribution in [0.2, 0.25) is 10.0 Å². The third-order valence-corrected chi connectivity index (χ3v) is 5.36. The molecular formula is C26H22Cl2N4O. The molecule has 5 nitrogen and oxygen atoms in total. The van der Waals surface area contributed by atoms with Gasteiger partial charge >= 0.3 is 0 Å². The monoisotopic (exact) mass is 476 g/mol. The first-order valence-corrected chi connectivity index (χ1v) is 11.2. The van der Waals surface area contributed by atoms with Crippen molar-refractivity contribution in [2.45, 2.75) is 0 Å². The summed E-state index contributed by atoms with van der Waals surface area (Å²) in [4.78, 5) is 17.8. The summed E-state index contributed by atoms with van der Waals surface area (Å²) >= 11 is 12.0. The molecule has 0 spiro atoms. The number of carbonyl (C=O) groups is 1. The Morgan fingerprint density at radius 1 is 0.909 bits per heavy atom. The SMILES string of the molecule is O=C(C=Cc1ccc(Cl)cc1)C(=Cc1ccc(Cl)cc1)NN(C1=NCCN1)c1ccccc1. The largest absolute Gasteiger partial charge is 0.353 e. The van der Waals surface area contributed by atoms with Crippen LogP contribution in [0, 0.1) is 0 Å². The lowest BCUT2D eigenvalue weighted by atomic mass is 10.1. The number of nitrogens with zero attached hydrogens (tertiary/aromatic N) is 2. The lowest BCUT2D eigenvalue weighted by Gasteiger charge is -2.26. The van der Waals surface area contributed by atoms with Gasteiger partial charge in [-0.25, -0.2) is 10.0 Å². The second kappa shape index (κ2) is 10.9. The molecule has 1 aliphatic rings. The van der Waals surface area contributed by atoms with Crippen LogP contribution in [0.5, 0.6) is 0 Å².